The summed E-state index contributed by atoms with van der Waals surface area (Å²) in [6, 6.07) is 0. The van der Waals surface area contributed by atoms with E-state index in [4.69, 9.17) is 9.47 Å². The number of nitrogens with zero attached hydrogens (tertiary/aromatic N) is 2. The lowest BCUT2D eigenvalue weighted by molar-refractivity contribution is -0.202. The lowest BCUT2D eigenvalue weighted by Crippen LogP contribution is -2.49. The van der Waals surface area contributed by atoms with E-state index in [-0.39, 0.29) is 11.8 Å². The molecule has 1 fully saturated rings. The quantitative estimate of drug-likeness (QED) is 0.192. The van der Waals surface area contributed by atoms with Gasteiger partial charge in [-0.25, -0.2) is 9.59 Å². The molecule has 1 heterocycles. The van der Waals surface area contributed by atoms with Gasteiger partial charge in [0.1, 0.15) is 0 Å². The van der Waals surface area contributed by atoms with E-state index in [9.17, 15) is 30.0 Å². The van der Waals surface area contributed by atoms with Gasteiger partial charge in [0.05, 0.1) is 24.4 Å². The molecule has 0 aliphatic carbocycles. The Bertz CT molecular complexity index is 569. The van der Waals surface area contributed by atoms with Gasteiger partial charge in [0.25, 0.3) is 0 Å². The summed E-state index contributed by atoms with van der Waals surface area (Å²) in [6.45, 7) is 13.6. The molecular formula is C26H50N2O8. The van der Waals surface area contributed by atoms with E-state index in [2.05, 4.69) is 0 Å². The van der Waals surface area contributed by atoms with Crippen LogP contribution >= 0.6 is 0 Å². The zero-order valence-electron chi connectivity index (χ0n) is 23.0. The minimum Gasteiger partial charge on any atom is -0.447 e. The van der Waals surface area contributed by atoms with Crippen LogP contribution in [0.5, 0.6) is 0 Å². The van der Waals surface area contributed by atoms with Gasteiger partial charge in [-0.1, -0.05) is 13.8 Å². The van der Waals surface area contributed by atoms with Gasteiger partial charge < -0.3 is 29.9 Å². The molecule has 4 N–H and O–H groups in total. The van der Waals surface area contributed by atoms with Crippen molar-refractivity contribution in [2.24, 2.45) is 11.8 Å². The van der Waals surface area contributed by atoms with Crippen LogP contribution in [0.2, 0.25) is 0 Å². The second kappa shape index (κ2) is 16.5. The number of cyclic esters (lactones) is 2. The monoisotopic (exact) mass is 518 g/mol. The predicted molar refractivity (Wildman–Crippen MR) is 136 cm³/mol. The highest BCUT2D eigenvalue weighted by Crippen LogP contribution is 2.26. The van der Waals surface area contributed by atoms with Crippen LogP contribution in [0.3, 0.4) is 0 Å². The maximum atomic E-state index is 12.7. The van der Waals surface area contributed by atoms with Crippen LogP contribution in [0.15, 0.2) is 0 Å². The van der Waals surface area contributed by atoms with Gasteiger partial charge in [-0.2, -0.15) is 0 Å². The fraction of sp³-hybridized carbons (Fsp3) is 0.923. The number of carbonyl (C=O) groups is 2. The highest BCUT2D eigenvalue weighted by molar-refractivity contribution is 5.87. The van der Waals surface area contributed by atoms with Crippen molar-refractivity contribution >= 4 is 11.9 Å². The summed E-state index contributed by atoms with van der Waals surface area (Å²) < 4.78 is 11.1. The first-order valence-electron chi connectivity index (χ1n) is 13.4. The Kier molecular flexibility index (Phi) is 15.0. The molecule has 1 saturated heterocycles. The summed E-state index contributed by atoms with van der Waals surface area (Å²) in [6.07, 6.45) is -1.19. The molecule has 36 heavy (non-hydrogen) atoms. The number of rotatable bonds is 18. The Morgan fingerprint density at radius 2 is 0.889 bits per heavy atom. The molecule has 0 spiro atoms. The van der Waals surface area contributed by atoms with Crippen LogP contribution in [0, 0.1) is 11.8 Å². The number of hydrogen-bond acceptors (Lipinski definition) is 10. The molecule has 10 heteroatoms. The highest BCUT2D eigenvalue weighted by Gasteiger charge is 2.43. The predicted octanol–water partition coefficient (Wildman–Crippen LogP) is 0.783. The molecule has 10 nitrogen and oxygen atoms in total. The molecule has 1 aliphatic rings. The number of aliphatic hydroxyl groups is 4. The van der Waals surface area contributed by atoms with E-state index in [0.29, 0.717) is 52.1 Å². The summed E-state index contributed by atoms with van der Waals surface area (Å²) >= 11 is 0. The SMILES string of the molecule is CC(O)CN(CCCC(C)C1OC(=O)C(C(C)CCCN(CC(C)O)CC(C)O)OC1=O)CC(C)O. The largest absolute Gasteiger partial charge is 0.447 e. The Morgan fingerprint density at radius 1 is 0.611 bits per heavy atom. The number of esters is 2. The van der Waals surface area contributed by atoms with Gasteiger partial charge in [-0.3, -0.25) is 9.80 Å². The van der Waals surface area contributed by atoms with Crippen molar-refractivity contribution in [3.63, 3.8) is 0 Å². The van der Waals surface area contributed by atoms with E-state index in [1.54, 1.807) is 27.7 Å². The normalized spacial score (nSPS) is 23.7. The molecular weight excluding hydrogens is 468 g/mol. The molecule has 0 saturated carbocycles. The summed E-state index contributed by atoms with van der Waals surface area (Å²) in [5.41, 5.74) is 0. The maximum Gasteiger partial charge on any atom is 0.348 e. The van der Waals surface area contributed by atoms with Crippen LogP contribution in [0.1, 0.15) is 67.2 Å². The first kappa shape index (κ1) is 32.7. The van der Waals surface area contributed by atoms with Crippen molar-refractivity contribution in [3.8, 4) is 0 Å². The molecule has 1 rings (SSSR count). The van der Waals surface area contributed by atoms with E-state index < -0.39 is 48.6 Å². The topological polar surface area (TPSA) is 140 Å². The fourth-order valence-corrected chi connectivity index (χ4v) is 4.76. The maximum absolute atomic E-state index is 12.7. The molecule has 0 aromatic rings. The fourth-order valence-electron chi connectivity index (χ4n) is 4.76. The lowest BCUT2D eigenvalue weighted by atomic mass is 9.94. The van der Waals surface area contributed by atoms with E-state index in [0.717, 1.165) is 12.8 Å². The average Bonchev–Trinajstić information content (AvgIpc) is 2.72. The van der Waals surface area contributed by atoms with Gasteiger partial charge >= 0.3 is 11.9 Å². The van der Waals surface area contributed by atoms with Crippen molar-refractivity contribution in [1.82, 2.24) is 9.80 Å². The summed E-state index contributed by atoms with van der Waals surface area (Å²) in [4.78, 5) is 29.3. The van der Waals surface area contributed by atoms with E-state index >= 15 is 0 Å². The van der Waals surface area contributed by atoms with Gasteiger partial charge in [0, 0.05) is 38.0 Å². The molecule has 212 valence electrons. The molecule has 0 aromatic carbocycles. The number of aliphatic hydroxyl groups excluding tert-OH is 4. The van der Waals surface area contributed by atoms with Crippen molar-refractivity contribution in [2.45, 2.75) is 104 Å². The first-order chi connectivity index (χ1) is 16.8. The molecule has 1 aliphatic heterocycles. The Hall–Kier alpha value is -1.30. The van der Waals surface area contributed by atoms with Crippen LogP contribution in [-0.2, 0) is 19.1 Å². The smallest absolute Gasteiger partial charge is 0.348 e. The minimum absolute atomic E-state index is 0.216. The van der Waals surface area contributed by atoms with Crippen LogP contribution in [0.4, 0.5) is 0 Å². The van der Waals surface area contributed by atoms with Crippen molar-refractivity contribution < 1.29 is 39.5 Å². The third-order valence-electron chi connectivity index (χ3n) is 6.34. The summed E-state index contributed by atoms with van der Waals surface area (Å²) in [5, 5.41) is 38.7. The molecule has 0 aromatic heterocycles. The van der Waals surface area contributed by atoms with Gasteiger partial charge in [0.2, 0.25) is 12.2 Å². The van der Waals surface area contributed by atoms with Crippen LogP contribution < -0.4 is 0 Å². The molecule has 8 atom stereocenters. The van der Waals surface area contributed by atoms with Crippen LogP contribution in [-0.4, -0.2) is 118 Å². The Labute approximate surface area is 216 Å². The van der Waals surface area contributed by atoms with Gasteiger partial charge in [-0.05, 0) is 66.5 Å². The number of carbonyl (C=O) groups excluding carboxylic acids is 2. The Balaban J connectivity index is 2.52. The molecule has 0 radical (unpaired) electrons. The molecule has 0 amide bonds. The number of hydrogen-bond donors (Lipinski definition) is 4. The third-order valence-corrected chi connectivity index (χ3v) is 6.34. The van der Waals surface area contributed by atoms with Crippen molar-refractivity contribution in [1.29, 1.82) is 0 Å². The van der Waals surface area contributed by atoms with Gasteiger partial charge in [-0.15, -0.1) is 0 Å². The third kappa shape index (κ3) is 12.8. The average molecular weight is 519 g/mol. The van der Waals surface area contributed by atoms with E-state index in [1.165, 1.54) is 0 Å². The van der Waals surface area contributed by atoms with Crippen LogP contribution in [0.25, 0.3) is 0 Å². The van der Waals surface area contributed by atoms with Gasteiger partial charge in [0.15, 0.2) is 0 Å². The summed E-state index contributed by atoms with van der Waals surface area (Å²) in [5.74, 6) is -1.47. The first-order valence-corrected chi connectivity index (χ1v) is 13.4. The lowest BCUT2D eigenvalue weighted by Gasteiger charge is -2.33. The number of ether oxygens (including phenoxy) is 2. The zero-order chi connectivity index (χ0) is 27.4. The standard InChI is InChI=1S/C26H50N2O8/c1-17(9-7-11-27(13-19(3)29)14-20(4)30)23-25(33)36-24(26(34)35-23)18(2)10-8-12-28(15-21(5)31)16-22(6)32/h17-24,29-32H,7-16H2,1-6H3. The van der Waals surface area contributed by atoms with E-state index in [1.807, 2.05) is 23.6 Å². The second-order valence-electron chi connectivity index (χ2n) is 10.9. The minimum atomic E-state index is -0.935. The summed E-state index contributed by atoms with van der Waals surface area (Å²) in [7, 11) is 0. The molecule has 8 unspecified atom stereocenters. The second-order valence-corrected chi connectivity index (χ2v) is 10.9. The molecule has 0 bridgehead atoms. The highest BCUT2D eigenvalue weighted by atomic mass is 16.6. The Morgan fingerprint density at radius 3 is 1.14 bits per heavy atom. The van der Waals surface area contributed by atoms with Crippen molar-refractivity contribution in [2.75, 3.05) is 39.3 Å². The van der Waals surface area contributed by atoms with Crippen molar-refractivity contribution in [3.05, 3.63) is 0 Å². The zero-order valence-corrected chi connectivity index (χ0v) is 23.0.